The molecular weight excluding hydrogens is 252 g/mol. The SMILES string of the molecule is CCC1OCCC1C(=O)Cc1ccn(C(CC)CC)n1. The highest BCUT2D eigenvalue weighted by atomic mass is 16.5. The number of rotatable bonds is 7. The molecule has 0 amide bonds. The fourth-order valence-corrected chi connectivity index (χ4v) is 3.07. The predicted molar refractivity (Wildman–Crippen MR) is 78.7 cm³/mol. The lowest BCUT2D eigenvalue weighted by Crippen LogP contribution is -2.25. The second-order valence-electron chi connectivity index (χ2n) is 5.61. The Bertz CT molecular complexity index is 437. The molecule has 1 aliphatic heterocycles. The number of hydrogen-bond donors (Lipinski definition) is 0. The Morgan fingerprint density at radius 2 is 2.20 bits per heavy atom. The lowest BCUT2D eigenvalue weighted by Gasteiger charge is -2.15. The minimum absolute atomic E-state index is 0.0679. The van der Waals surface area contributed by atoms with E-state index in [4.69, 9.17) is 4.74 Å². The Balaban J connectivity index is 1.98. The number of carbonyl (C=O) groups excluding carboxylic acids is 1. The zero-order valence-corrected chi connectivity index (χ0v) is 12.8. The summed E-state index contributed by atoms with van der Waals surface area (Å²) < 4.78 is 7.61. The molecule has 1 aromatic rings. The molecule has 20 heavy (non-hydrogen) atoms. The fraction of sp³-hybridized carbons (Fsp3) is 0.750. The van der Waals surface area contributed by atoms with Gasteiger partial charge in [-0.1, -0.05) is 20.8 Å². The highest BCUT2D eigenvalue weighted by molar-refractivity contribution is 5.83. The Kier molecular flexibility index (Phi) is 5.35. The van der Waals surface area contributed by atoms with Crippen molar-refractivity contribution >= 4 is 5.78 Å². The topological polar surface area (TPSA) is 44.1 Å². The number of ether oxygens (including phenoxy) is 1. The van der Waals surface area contributed by atoms with Crippen molar-refractivity contribution in [1.29, 1.82) is 0 Å². The summed E-state index contributed by atoms with van der Waals surface area (Å²) >= 11 is 0. The summed E-state index contributed by atoms with van der Waals surface area (Å²) in [4.78, 5) is 12.4. The molecule has 1 aromatic heterocycles. The van der Waals surface area contributed by atoms with Gasteiger partial charge in [0.1, 0.15) is 5.78 Å². The zero-order chi connectivity index (χ0) is 14.5. The van der Waals surface area contributed by atoms with E-state index in [1.54, 1.807) is 0 Å². The number of ketones is 1. The van der Waals surface area contributed by atoms with Crippen LogP contribution in [0.3, 0.4) is 0 Å². The number of Topliss-reactive ketones (excluding diaryl/α,β-unsaturated/α-hetero) is 1. The van der Waals surface area contributed by atoms with Gasteiger partial charge in [-0.25, -0.2) is 0 Å². The van der Waals surface area contributed by atoms with Gasteiger partial charge in [0, 0.05) is 18.7 Å². The molecule has 4 nitrogen and oxygen atoms in total. The molecule has 1 saturated heterocycles. The summed E-state index contributed by atoms with van der Waals surface area (Å²) in [6.07, 6.45) is 6.48. The smallest absolute Gasteiger partial charge is 0.144 e. The van der Waals surface area contributed by atoms with Crippen LogP contribution >= 0.6 is 0 Å². The monoisotopic (exact) mass is 278 g/mol. The molecule has 0 radical (unpaired) electrons. The van der Waals surface area contributed by atoms with Crippen LogP contribution in [0.4, 0.5) is 0 Å². The van der Waals surface area contributed by atoms with E-state index in [-0.39, 0.29) is 17.8 Å². The second kappa shape index (κ2) is 7.02. The summed E-state index contributed by atoms with van der Waals surface area (Å²) in [6.45, 7) is 7.14. The summed E-state index contributed by atoms with van der Waals surface area (Å²) in [6, 6.07) is 2.42. The van der Waals surface area contributed by atoms with Crippen molar-refractivity contribution in [2.45, 2.75) is 65.0 Å². The van der Waals surface area contributed by atoms with Crippen molar-refractivity contribution in [2.24, 2.45) is 5.92 Å². The van der Waals surface area contributed by atoms with Crippen LogP contribution in [0.5, 0.6) is 0 Å². The molecular formula is C16H26N2O2. The molecule has 4 heteroatoms. The van der Waals surface area contributed by atoms with Gasteiger partial charge in [0.05, 0.1) is 24.3 Å². The lowest BCUT2D eigenvalue weighted by molar-refractivity contribution is -0.123. The van der Waals surface area contributed by atoms with E-state index in [2.05, 4.69) is 25.9 Å². The second-order valence-corrected chi connectivity index (χ2v) is 5.61. The zero-order valence-electron chi connectivity index (χ0n) is 12.8. The Labute approximate surface area is 121 Å². The Hall–Kier alpha value is -1.16. The first-order chi connectivity index (χ1) is 9.69. The van der Waals surface area contributed by atoms with E-state index in [0.717, 1.165) is 38.0 Å². The molecule has 1 aliphatic rings. The largest absolute Gasteiger partial charge is 0.377 e. The maximum Gasteiger partial charge on any atom is 0.144 e. The van der Waals surface area contributed by atoms with Crippen LogP contribution in [-0.4, -0.2) is 28.3 Å². The number of hydrogen-bond acceptors (Lipinski definition) is 3. The van der Waals surface area contributed by atoms with Crippen LogP contribution in [0.2, 0.25) is 0 Å². The highest BCUT2D eigenvalue weighted by Gasteiger charge is 2.32. The van der Waals surface area contributed by atoms with Crippen molar-refractivity contribution < 1.29 is 9.53 Å². The first kappa shape index (κ1) is 15.2. The molecule has 2 atom stereocenters. The van der Waals surface area contributed by atoms with Crippen molar-refractivity contribution in [1.82, 2.24) is 9.78 Å². The fourth-order valence-electron chi connectivity index (χ4n) is 3.07. The molecule has 2 unspecified atom stereocenters. The number of aromatic nitrogens is 2. The third-order valence-electron chi connectivity index (χ3n) is 4.36. The molecule has 0 N–H and O–H groups in total. The van der Waals surface area contributed by atoms with E-state index in [1.165, 1.54) is 0 Å². The molecule has 0 bridgehead atoms. The van der Waals surface area contributed by atoms with Crippen molar-refractivity contribution in [3.8, 4) is 0 Å². The standard InChI is InChI=1S/C16H26N2O2/c1-4-13(5-2)18-9-7-12(17-18)11-15(19)14-8-10-20-16(14)6-3/h7,9,13-14,16H,4-6,8,10-11H2,1-3H3. The molecule has 0 spiro atoms. The van der Waals surface area contributed by atoms with Crippen LogP contribution in [0.1, 0.15) is 58.2 Å². The first-order valence-corrected chi connectivity index (χ1v) is 7.87. The summed E-state index contributed by atoms with van der Waals surface area (Å²) in [5.41, 5.74) is 0.892. The summed E-state index contributed by atoms with van der Waals surface area (Å²) in [5.74, 6) is 0.349. The third kappa shape index (κ3) is 3.29. The van der Waals surface area contributed by atoms with Gasteiger partial charge < -0.3 is 4.74 Å². The van der Waals surface area contributed by atoms with Gasteiger partial charge >= 0.3 is 0 Å². The highest BCUT2D eigenvalue weighted by Crippen LogP contribution is 2.25. The van der Waals surface area contributed by atoms with Gasteiger partial charge in [-0.2, -0.15) is 5.10 Å². The molecule has 2 rings (SSSR count). The predicted octanol–water partition coefficient (Wildman–Crippen LogP) is 3.17. The van der Waals surface area contributed by atoms with Crippen molar-refractivity contribution in [3.63, 3.8) is 0 Å². The van der Waals surface area contributed by atoms with E-state index in [9.17, 15) is 4.79 Å². The molecule has 2 heterocycles. The number of carbonyl (C=O) groups is 1. The summed E-state index contributed by atoms with van der Waals surface area (Å²) in [7, 11) is 0. The quantitative estimate of drug-likeness (QED) is 0.769. The van der Waals surface area contributed by atoms with Crippen LogP contribution in [0.25, 0.3) is 0 Å². The van der Waals surface area contributed by atoms with Crippen molar-refractivity contribution in [3.05, 3.63) is 18.0 Å². The van der Waals surface area contributed by atoms with E-state index in [1.807, 2.05) is 16.9 Å². The molecule has 112 valence electrons. The Morgan fingerprint density at radius 3 is 2.85 bits per heavy atom. The normalized spacial score (nSPS) is 22.6. The van der Waals surface area contributed by atoms with Gasteiger partial charge in [-0.05, 0) is 31.7 Å². The van der Waals surface area contributed by atoms with Gasteiger partial charge in [-0.15, -0.1) is 0 Å². The minimum Gasteiger partial charge on any atom is -0.377 e. The van der Waals surface area contributed by atoms with Crippen molar-refractivity contribution in [2.75, 3.05) is 6.61 Å². The average Bonchev–Trinajstić information content (AvgIpc) is 3.09. The minimum atomic E-state index is 0.0679. The first-order valence-electron chi connectivity index (χ1n) is 7.87. The van der Waals surface area contributed by atoms with E-state index in [0.29, 0.717) is 12.5 Å². The third-order valence-corrected chi connectivity index (χ3v) is 4.36. The molecule has 1 fully saturated rings. The van der Waals surface area contributed by atoms with E-state index < -0.39 is 0 Å². The van der Waals surface area contributed by atoms with Crippen LogP contribution in [-0.2, 0) is 16.0 Å². The van der Waals surface area contributed by atoms with Crippen LogP contribution < -0.4 is 0 Å². The molecule has 0 aromatic carbocycles. The maximum absolute atomic E-state index is 12.4. The Morgan fingerprint density at radius 1 is 1.45 bits per heavy atom. The van der Waals surface area contributed by atoms with Gasteiger partial charge in [0.2, 0.25) is 0 Å². The average molecular weight is 278 g/mol. The van der Waals surface area contributed by atoms with Gasteiger partial charge in [0.15, 0.2) is 0 Å². The molecule has 0 aliphatic carbocycles. The van der Waals surface area contributed by atoms with Gasteiger partial charge in [0.25, 0.3) is 0 Å². The summed E-state index contributed by atoms with van der Waals surface area (Å²) in [5, 5.41) is 4.57. The number of nitrogens with zero attached hydrogens (tertiary/aromatic N) is 2. The van der Waals surface area contributed by atoms with Gasteiger partial charge in [-0.3, -0.25) is 9.48 Å². The molecule has 0 saturated carbocycles. The van der Waals surface area contributed by atoms with Crippen LogP contribution in [0, 0.1) is 5.92 Å². The van der Waals surface area contributed by atoms with Crippen LogP contribution in [0.15, 0.2) is 12.3 Å². The van der Waals surface area contributed by atoms with E-state index >= 15 is 0 Å². The lowest BCUT2D eigenvalue weighted by atomic mass is 9.92. The maximum atomic E-state index is 12.4.